The zero-order chi connectivity index (χ0) is 11.4. The van der Waals surface area contributed by atoms with Gasteiger partial charge in [0.25, 0.3) is 0 Å². The topological polar surface area (TPSA) is 0 Å². The zero-order valence-corrected chi connectivity index (χ0v) is 11.8. The van der Waals surface area contributed by atoms with Crippen LogP contribution >= 0.6 is 34.9 Å². The smallest absolute Gasteiger partial charge is 0.0676 e. The van der Waals surface area contributed by atoms with Crippen LogP contribution in [0.25, 0.3) is 0 Å². The normalized spacial score (nSPS) is 15.8. The Morgan fingerprint density at radius 2 is 1.94 bits per heavy atom. The minimum atomic E-state index is -0.191. The van der Waals surface area contributed by atoms with Crippen molar-refractivity contribution >= 4 is 34.9 Å². The molecule has 0 N–H and O–H groups in total. The molecule has 0 bridgehead atoms. The molecule has 0 aliphatic carbocycles. The first-order valence-electron chi connectivity index (χ1n) is 5.36. The third kappa shape index (κ3) is 2.65. The molecule has 0 amide bonds. The SMILES string of the molecule is CC[SH](c1ccccc1)C(S)c1cccs1. The fourth-order valence-corrected chi connectivity index (χ4v) is 5.97. The Bertz CT molecular complexity index is 408. The molecule has 2 atom stereocenters. The maximum Gasteiger partial charge on any atom is 0.0676 e. The Morgan fingerprint density at radius 3 is 2.50 bits per heavy atom. The van der Waals surface area contributed by atoms with Gasteiger partial charge < -0.3 is 0 Å². The minimum Gasteiger partial charge on any atom is -0.211 e. The Hall–Kier alpha value is -0.380. The van der Waals surface area contributed by atoms with Gasteiger partial charge in [-0.1, -0.05) is 43.3 Å². The lowest BCUT2D eigenvalue weighted by Crippen LogP contribution is -1.94. The fraction of sp³-hybridized carbons (Fsp3) is 0.231. The highest BCUT2D eigenvalue weighted by molar-refractivity contribution is 8.23. The van der Waals surface area contributed by atoms with E-state index in [1.54, 1.807) is 0 Å². The molecule has 16 heavy (non-hydrogen) atoms. The van der Waals surface area contributed by atoms with E-state index >= 15 is 0 Å². The van der Waals surface area contributed by atoms with E-state index in [9.17, 15) is 0 Å². The van der Waals surface area contributed by atoms with Gasteiger partial charge >= 0.3 is 0 Å². The van der Waals surface area contributed by atoms with E-state index in [-0.39, 0.29) is 10.9 Å². The van der Waals surface area contributed by atoms with E-state index in [0.29, 0.717) is 4.58 Å². The summed E-state index contributed by atoms with van der Waals surface area (Å²) in [5, 5.41) is 2.13. The molecule has 0 aliphatic heterocycles. The molecule has 0 nitrogen and oxygen atoms in total. The third-order valence-corrected chi connectivity index (χ3v) is 7.43. The quantitative estimate of drug-likeness (QED) is 0.734. The maximum absolute atomic E-state index is 4.81. The van der Waals surface area contributed by atoms with Gasteiger partial charge in [0.2, 0.25) is 0 Å². The van der Waals surface area contributed by atoms with Crippen LogP contribution in [0.5, 0.6) is 0 Å². The molecule has 2 unspecified atom stereocenters. The van der Waals surface area contributed by atoms with Gasteiger partial charge in [-0.05, 0) is 22.1 Å². The van der Waals surface area contributed by atoms with Crippen LogP contribution in [-0.2, 0) is 0 Å². The van der Waals surface area contributed by atoms with Crippen molar-refractivity contribution in [3.63, 3.8) is 0 Å². The molecule has 0 aliphatic rings. The molecule has 3 heteroatoms. The molecule has 2 rings (SSSR count). The largest absolute Gasteiger partial charge is 0.211 e. The molecule has 2 aromatic rings. The van der Waals surface area contributed by atoms with E-state index < -0.39 is 0 Å². The maximum atomic E-state index is 4.81. The van der Waals surface area contributed by atoms with Gasteiger partial charge in [0, 0.05) is 4.88 Å². The highest BCUT2D eigenvalue weighted by Crippen LogP contribution is 2.52. The van der Waals surface area contributed by atoms with Crippen molar-refractivity contribution in [2.24, 2.45) is 0 Å². The predicted octanol–water partition coefficient (Wildman–Crippen LogP) is 4.76. The molecule has 0 saturated carbocycles. The van der Waals surface area contributed by atoms with Crippen molar-refractivity contribution in [1.82, 2.24) is 0 Å². The van der Waals surface area contributed by atoms with Crippen LogP contribution in [0.4, 0.5) is 0 Å². The second-order valence-corrected chi connectivity index (χ2v) is 8.02. The summed E-state index contributed by atoms with van der Waals surface area (Å²) in [6, 6.07) is 15.1. The van der Waals surface area contributed by atoms with Crippen molar-refractivity contribution < 1.29 is 0 Å². The first-order valence-corrected chi connectivity index (χ1v) is 8.35. The summed E-state index contributed by atoms with van der Waals surface area (Å²) < 4.78 is 0.377. The molecule has 1 aromatic carbocycles. The number of thiol groups is 2. The molecule has 0 radical (unpaired) electrons. The lowest BCUT2D eigenvalue weighted by Gasteiger charge is -2.26. The van der Waals surface area contributed by atoms with Gasteiger partial charge in [-0.3, -0.25) is 0 Å². The summed E-state index contributed by atoms with van der Waals surface area (Å²) >= 11 is 6.62. The highest BCUT2D eigenvalue weighted by atomic mass is 32.2. The molecule has 1 aromatic heterocycles. The second kappa shape index (κ2) is 5.80. The summed E-state index contributed by atoms with van der Waals surface area (Å²) in [5.41, 5.74) is 0. The minimum absolute atomic E-state index is 0.191. The van der Waals surface area contributed by atoms with Crippen molar-refractivity contribution in [3.8, 4) is 0 Å². The van der Waals surface area contributed by atoms with E-state index in [1.165, 1.54) is 15.5 Å². The molecular formula is C13H16S3. The average Bonchev–Trinajstić information content (AvgIpc) is 2.85. The third-order valence-electron chi connectivity index (χ3n) is 2.52. The standard InChI is InChI=1S/C13H16S3/c1-2-16(11-7-4-3-5-8-11)13(14)12-9-6-10-15-12/h3-10,13-14,16H,2H2,1H3. The van der Waals surface area contributed by atoms with Crippen LogP contribution in [0, 0.1) is 0 Å². The van der Waals surface area contributed by atoms with Crippen molar-refractivity contribution in [1.29, 1.82) is 0 Å². The van der Waals surface area contributed by atoms with Gasteiger partial charge in [-0.2, -0.15) is 12.6 Å². The Labute approximate surface area is 109 Å². The van der Waals surface area contributed by atoms with Gasteiger partial charge in [-0.15, -0.1) is 11.3 Å². The highest BCUT2D eigenvalue weighted by Gasteiger charge is 2.16. The lowest BCUT2D eigenvalue weighted by molar-refractivity contribution is 1.35. The molecule has 0 spiro atoms. The Kier molecular flexibility index (Phi) is 4.38. The number of hydrogen-bond donors (Lipinski definition) is 2. The predicted molar refractivity (Wildman–Crippen MR) is 80.3 cm³/mol. The van der Waals surface area contributed by atoms with Crippen LogP contribution in [0.3, 0.4) is 0 Å². The van der Waals surface area contributed by atoms with Crippen LogP contribution in [0.2, 0.25) is 0 Å². The van der Waals surface area contributed by atoms with E-state index in [4.69, 9.17) is 12.6 Å². The average molecular weight is 268 g/mol. The monoisotopic (exact) mass is 268 g/mol. The summed E-state index contributed by atoms with van der Waals surface area (Å²) in [6.07, 6.45) is 0. The first-order chi connectivity index (χ1) is 7.83. The Balaban J connectivity index is 2.23. The Morgan fingerprint density at radius 1 is 1.19 bits per heavy atom. The van der Waals surface area contributed by atoms with Crippen LogP contribution in [-0.4, -0.2) is 5.75 Å². The van der Waals surface area contributed by atoms with Gasteiger partial charge in [0.1, 0.15) is 0 Å². The summed E-state index contributed by atoms with van der Waals surface area (Å²) in [7, 11) is -0.191. The van der Waals surface area contributed by atoms with Gasteiger partial charge in [-0.25, -0.2) is 10.9 Å². The molecule has 1 heterocycles. The van der Waals surface area contributed by atoms with Crippen LogP contribution < -0.4 is 0 Å². The number of benzene rings is 1. The van der Waals surface area contributed by atoms with Gasteiger partial charge in [0.15, 0.2) is 0 Å². The zero-order valence-electron chi connectivity index (χ0n) is 9.21. The molecule has 0 saturated heterocycles. The van der Waals surface area contributed by atoms with Crippen LogP contribution in [0.1, 0.15) is 16.4 Å². The number of rotatable bonds is 4. The van der Waals surface area contributed by atoms with Crippen molar-refractivity contribution in [2.75, 3.05) is 5.75 Å². The first kappa shape index (κ1) is 12.1. The molecule has 0 fully saturated rings. The molecule has 86 valence electrons. The summed E-state index contributed by atoms with van der Waals surface area (Å²) in [4.78, 5) is 2.84. The second-order valence-electron chi connectivity index (χ2n) is 3.51. The molecular weight excluding hydrogens is 252 g/mol. The van der Waals surface area contributed by atoms with E-state index in [0.717, 1.165) is 0 Å². The van der Waals surface area contributed by atoms with E-state index in [1.807, 2.05) is 11.3 Å². The van der Waals surface area contributed by atoms with Crippen molar-refractivity contribution in [3.05, 3.63) is 52.7 Å². The fourth-order valence-electron chi connectivity index (χ4n) is 1.71. The number of thiophene rings is 1. The van der Waals surface area contributed by atoms with E-state index in [2.05, 4.69) is 54.8 Å². The number of hydrogen-bond acceptors (Lipinski definition) is 2. The summed E-state index contributed by atoms with van der Waals surface area (Å²) in [6.45, 7) is 2.26. The van der Waals surface area contributed by atoms with Gasteiger partial charge in [0.05, 0.1) is 4.58 Å². The lowest BCUT2D eigenvalue weighted by atomic mass is 10.4. The summed E-state index contributed by atoms with van der Waals surface area (Å²) in [5.74, 6) is 1.19. The van der Waals surface area contributed by atoms with Crippen LogP contribution in [0.15, 0.2) is 52.7 Å². The van der Waals surface area contributed by atoms with Crippen molar-refractivity contribution in [2.45, 2.75) is 16.4 Å².